The molecule has 2 rings (SSSR count). The van der Waals surface area contributed by atoms with Gasteiger partial charge in [0.25, 0.3) is 0 Å². The first kappa shape index (κ1) is 16.0. The van der Waals surface area contributed by atoms with Gasteiger partial charge in [0.2, 0.25) is 11.8 Å². The van der Waals surface area contributed by atoms with E-state index >= 15 is 0 Å². The molecule has 0 bridgehead atoms. The molecule has 5 nitrogen and oxygen atoms in total. The number of carboxylic acids is 1. The summed E-state index contributed by atoms with van der Waals surface area (Å²) in [6.07, 6.45) is 8.77. The van der Waals surface area contributed by atoms with Crippen molar-refractivity contribution in [2.24, 2.45) is 5.41 Å². The first-order chi connectivity index (χ1) is 10.0. The third kappa shape index (κ3) is 4.29. The van der Waals surface area contributed by atoms with Crippen LogP contribution in [0.3, 0.4) is 0 Å². The standard InChI is InChI=1S/C16H25NO4/c18-13-11-16(8-4-2-5-9-16)12-14(19)17(13)10-6-1-3-7-15(20)21/h1-12H2,(H,20,21). The van der Waals surface area contributed by atoms with Crippen molar-refractivity contribution in [2.45, 2.75) is 70.6 Å². The highest BCUT2D eigenvalue weighted by atomic mass is 16.4. The molecule has 1 saturated carbocycles. The number of hydrogen-bond acceptors (Lipinski definition) is 3. The maximum Gasteiger partial charge on any atom is 0.303 e. The molecule has 2 aliphatic rings. The molecule has 0 aromatic rings. The summed E-state index contributed by atoms with van der Waals surface area (Å²) in [4.78, 5) is 36.3. The van der Waals surface area contributed by atoms with E-state index in [1.54, 1.807) is 0 Å². The fraction of sp³-hybridized carbons (Fsp3) is 0.812. The van der Waals surface area contributed by atoms with Crippen molar-refractivity contribution < 1.29 is 19.5 Å². The van der Waals surface area contributed by atoms with Crippen molar-refractivity contribution in [3.63, 3.8) is 0 Å². The minimum atomic E-state index is -0.792. The minimum Gasteiger partial charge on any atom is -0.481 e. The monoisotopic (exact) mass is 295 g/mol. The van der Waals surface area contributed by atoms with Gasteiger partial charge in [0.1, 0.15) is 0 Å². The first-order valence-electron chi connectivity index (χ1n) is 8.07. The van der Waals surface area contributed by atoms with E-state index in [0.717, 1.165) is 32.1 Å². The molecular weight excluding hydrogens is 270 g/mol. The zero-order chi connectivity index (χ0) is 15.3. The summed E-state index contributed by atoms with van der Waals surface area (Å²) in [6, 6.07) is 0. The van der Waals surface area contributed by atoms with Crippen molar-refractivity contribution in [3.05, 3.63) is 0 Å². The van der Waals surface area contributed by atoms with Crippen LogP contribution in [-0.4, -0.2) is 34.3 Å². The molecule has 1 saturated heterocycles. The maximum absolute atomic E-state index is 12.3. The number of hydrogen-bond donors (Lipinski definition) is 1. The summed E-state index contributed by atoms with van der Waals surface area (Å²) in [7, 11) is 0. The van der Waals surface area contributed by atoms with Crippen LogP contribution >= 0.6 is 0 Å². The molecule has 0 aromatic heterocycles. The number of nitrogens with zero attached hydrogens (tertiary/aromatic N) is 1. The molecule has 0 atom stereocenters. The number of imide groups is 1. The Hall–Kier alpha value is -1.39. The van der Waals surface area contributed by atoms with Crippen LogP contribution in [0.1, 0.15) is 70.6 Å². The van der Waals surface area contributed by atoms with Gasteiger partial charge in [-0.15, -0.1) is 0 Å². The normalized spacial score (nSPS) is 21.8. The van der Waals surface area contributed by atoms with Gasteiger partial charge in [0.15, 0.2) is 0 Å². The molecule has 2 fully saturated rings. The molecule has 1 aliphatic carbocycles. The number of piperidine rings is 1. The third-order valence-electron chi connectivity index (χ3n) is 4.84. The number of unbranched alkanes of at least 4 members (excludes halogenated alkanes) is 2. The van der Waals surface area contributed by atoms with E-state index in [1.807, 2.05) is 0 Å². The van der Waals surface area contributed by atoms with E-state index in [1.165, 1.54) is 11.3 Å². The van der Waals surface area contributed by atoms with Gasteiger partial charge < -0.3 is 5.11 Å². The lowest BCUT2D eigenvalue weighted by atomic mass is 9.67. The molecular formula is C16H25NO4. The van der Waals surface area contributed by atoms with Crippen LogP contribution in [-0.2, 0) is 14.4 Å². The molecule has 1 aliphatic heterocycles. The number of aliphatic carboxylic acids is 1. The van der Waals surface area contributed by atoms with E-state index in [0.29, 0.717) is 32.2 Å². The van der Waals surface area contributed by atoms with Crippen LogP contribution in [0.2, 0.25) is 0 Å². The number of likely N-dealkylation sites (tertiary alicyclic amines) is 1. The molecule has 2 amide bonds. The number of carbonyl (C=O) groups is 3. The van der Waals surface area contributed by atoms with Crippen molar-refractivity contribution in [2.75, 3.05) is 6.54 Å². The Bertz CT molecular complexity index is 393. The number of carbonyl (C=O) groups excluding carboxylic acids is 2. The highest BCUT2D eigenvalue weighted by Crippen LogP contribution is 2.45. The third-order valence-corrected chi connectivity index (χ3v) is 4.84. The molecule has 118 valence electrons. The Morgan fingerprint density at radius 3 is 2.19 bits per heavy atom. The summed E-state index contributed by atoms with van der Waals surface area (Å²) in [5, 5.41) is 8.57. The summed E-state index contributed by atoms with van der Waals surface area (Å²) >= 11 is 0. The lowest BCUT2D eigenvalue weighted by Gasteiger charge is -2.42. The lowest BCUT2D eigenvalue weighted by molar-refractivity contribution is -0.154. The maximum atomic E-state index is 12.3. The van der Waals surface area contributed by atoms with Crippen molar-refractivity contribution in [3.8, 4) is 0 Å². The van der Waals surface area contributed by atoms with Gasteiger partial charge in [0, 0.05) is 25.8 Å². The highest BCUT2D eigenvalue weighted by Gasteiger charge is 2.43. The van der Waals surface area contributed by atoms with Gasteiger partial charge in [0.05, 0.1) is 0 Å². The van der Waals surface area contributed by atoms with Gasteiger partial charge in [-0.05, 0) is 31.1 Å². The van der Waals surface area contributed by atoms with Crippen LogP contribution in [0.5, 0.6) is 0 Å². The van der Waals surface area contributed by atoms with Gasteiger partial charge in [-0.3, -0.25) is 19.3 Å². The highest BCUT2D eigenvalue weighted by molar-refractivity contribution is 5.98. The topological polar surface area (TPSA) is 74.7 Å². The summed E-state index contributed by atoms with van der Waals surface area (Å²) in [5.74, 6) is -0.836. The van der Waals surface area contributed by atoms with Crippen molar-refractivity contribution >= 4 is 17.8 Å². The fourth-order valence-electron chi connectivity index (χ4n) is 3.66. The number of amides is 2. The van der Waals surface area contributed by atoms with Crippen LogP contribution in [0, 0.1) is 5.41 Å². The van der Waals surface area contributed by atoms with E-state index < -0.39 is 5.97 Å². The zero-order valence-corrected chi connectivity index (χ0v) is 12.6. The van der Waals surface area contributed by atoms with Gasteiger partial charge >= 0.3 is 5.97 Å². The predicted molar refractivity (Wildman–Crippen MR) is 77.6 cm³/mol. The molecule has 1 spiro atoms. The second-order valence-corrected chi connectivity index (χ2v) is 6.56. The Morgan fingerprint density at radius 1 is 1.00 bits per heavy atom. The fourth-order valence-corrected chi connectivity index (χ4v) is 3.66. The first-order valence-corrected chi connectivity index (χ1v) is 8.07. The Labute approximate surface area is 125 Å². The molecule has 5 heteroatoms. The molecule has 0 unspecified atom stereocenters. The quantitative estimate of drug-likeness (QED) is 0.604. The molecule has 1 N–H and O–H groups in total. The smallest absolute Gasteiger partial charge is 0.303 e. The Morgan fingerprint density at radius 2 is 1.62 bits per heavy atom. The van der Waals surface area contributed by atoms with Crippen LogP contribution in [0.15, 0.2) is 0 Å². The largest absolute Gasteiger partial charge is 0.481 e. The van der Waals surface area contributed by atoms with Crippen LogP contribution in [0.25, 0.3) is 0 Å². The van der Waals surface area contributed by atoms with E-state index in [4.69, 9.17) is 5.11 Å². The second kappa shape index (κ2) is 7.05. The van der Waals surface area contributed by atoms with Crippen LogP contribution < -0.4 is 0 Å². The molecule has 0 radical (unpaired) electrons. The molecule has 1 heterocycles. The number of carboxylic acid groups (broad SMARTS) is 1. The Kier molecular flexibility index (Phi) is 5.37. The summed E-state index contributed by atoms with van der Waals surface area (Å²) in [6.45, 7) is 0.452. The van der Waals surface area contributed by atoms with Crippen LogP contribution in [0.4, 0.5) is 0 Å². The molecule has 0 aromatic carbocycles. The predicted octanol–water partition coefficient (Wildman–Crippen LogP) is 2.73. The SMILES string of the molecule is O=C(O)CCCCCN1C(=O)CC2(CCCCC2)CC1=O. The van der Waals surface area contributed by atoms with Crippen molar-refractivity contribution in [1.82, 2.24) is 4.90 Å². The molecule has 21 heavy (non-hydrogen) atoms. The minimum absolute atomic E-state index is 0.0219. The van der Waals surface area contributed by atoms with E-state index in [2.05, 4.69) is 0 Å². The average Bonchev–Trinajstić information content (AvgIpc) is 2.41. The van der Waals surface area contributed by atoms with Crippen molar-refractivity contribution in [1.29, 1.82) is 0 Å². The average molecular weight is 295 g/mol. The zero-order valence-electron chi connectivity index (χ0n) is 12.6. The number of rotatable bonds is 6. The van der Waals surface area contributed by atoms with E-state index in [9.17, 15) is 14.4 Å². The van der Waals surface area contributed by atoms with E-state index in [-0.39, 0.29) is 23.7 Å². The lowest BCUT2D eigenvalue weighted by Crippen LogP contribution is -2.48. The Balaban J connectivity index is 1.79. The summed E-state index contributed by atoms with van der Waals surface area (Å²) in [5.41, 5.74) is -0.0494. The second-order valence-electron chi connectivity index (χ2n) is 6.56. The van der Waals surface area contributed by atoms with Gasteiger partial charge in [-0.25, -0.2) is 0 Å². The summed E-state index contributed by atoms with van der Waals surface area (Å²) < 4.78 is 0. The van der Waals surface area contributed by atoms with Gasteiger partial charge in [-0.2, -0.15) is 0 Å². The van der Waals surface area contributed by atoms with Gasteiger partial charge in [-0.1, -0.05) is 25.7 Å².